The Kier molecular flexibility index (Phi) is 6.83. The molecule has 3 nitrogen and oxygen atoms in total. The fourth-order valence-corrected chi connectivity index (χ4v) is 2.98. The second-order valence-electron chi connectivity index (χ2n) is 4.20. The van der Waals surface area contributed by atoms with Gasteiger partial charge in [0.2, 0.25) is 0 Å². The van der Waals surface area contributed by atoms with Crippen LogP contribution in [0.15, 0.2) is 35.3 Å². The maximum absolute atomic E-state index is 12.1. The fraction of sp³-hybridized carbons (Fsp3) is 0.500. The zero-order valence-electron chi connectivity index (χ0n) is 11.0. The van der Waals surface area contributed by atoms with Gasteiger partial charge >= 0.3 is 0 Å². The molecule has 1 fully saturated rings. The Labute approximate surface area is 111 Å². The maximum Gasteiger partial charge on any atom is 0.162 e. The second-order valence-corrected chi connectivity index (χ2v) is 5.65. The van der Waals surface area contributed by atoms with Crippen LogP contribution >= 0.6 is 0 Å². The smallest absolute Gasteiger partial charge is 0.162 e. The zero-order valence-corrected chi connectivity index (χ0v) is 11.8. The van der Waals surface area contributed by atoms with Crippen LogP contribution in [0.3, 0.4) is 0 Å². The number of nitrogens with one attached hydrogen (secondary N) is 1. The molecule has 1 saturated heterocycles. The van der Waals surface area contributed by atoms with Gasteiger partial charge in [0.25, 0.3) is 0 Å². The van der Waals surface area contributed by atoms with Gasteiger partial charge < -0.3 is 5.32 Å². The summed E-state index contributed by atoms with van der Waals surface area (Å²) in [5, 5.41) is 3.14. The minimum Gasteiger partial charge on any atom is -0.307 e. The Morgan fingerprint density at radius 2 is 2.17 bits per heavy atom. The van der Waals surface area contributed by atoms with Crippen LogP contribution in [0.2, 0.25) is 0 Å². The summed E-state index contributed by atoms with van der Waals surface area (Å²) < 4.78 is 12.1. The molecule has 100 valence electrons. The summed E-state index contributed by atoms with van der Waals surface area (Å²) in [6, 6.07) is -0.0949. The highest BCUT2D eigenvalue weighted by molar-refractivity contribution is 7.89. The monoisotopic (exact) mass is 267 g/mol. The largest absolute Gasteiger partial charge is 0.307 e. The van der Waals surface area contributed by atoms with Crippen molar-refractivity contribution in [2.24, 2.45) is 0 Å². The van der Waals surface area contributed by atoms with E-state index in [4.69, 9.17) is 0 Å². The average molecular weight is 267 g/mol. The van der Waals surface area contributed by atoms with E-state index in [0.717, 1.165) is 19.4 Å². The maximum atomic E-state index is 12.1. The lowest BCUT2D eigenvalue weighted by Crippen LogP contribution is -2.34. The van der Waals surface area contributed by atoms with Gasteiger partial charge in [-0.3, -0.25) is 9.00 Å². The molecule has 1 N–H and O–H groups in total. The SMILES string of the molecule is C\C=C/C=C(\C=C/C)S(=O)CC(=O)C1CCCN1. The molecule has 18 heavy (non-hydrogen) atoms. The molecule has 0 radical (unpaired) electrons. The van der Waals surface area contributed by atoms with E-state index in [-0.39, 0.29) is 17.6 Å². The molecule has 2 atom stereocenters. The molecule has 1 heterocycles. The molecule has 1 aliphatic heterocycles. The van der Waals surface area contributed by atoms with Crippen LogP contribution in [-0.2, 0) is 15.6 Å². The molecule has 0 saturated carbocycles. The highest BCUT2D eigenvalue weighted by atomic mass is 32.2. The van der Waals surface area contributed by atoms with Crippen LogP contribution in [0.1, 0.15) is 26.7 Å². The first-order chi connectivity index (χ1) is 8.69. The van der Waals surface area contributed by atoms with E-state index in [1.165, 1.54) is 0 Å². The predicted octanol–water partition coefficient (Wildman–Crippen LogP) is 2.09. The van der Waals surface area contributed by atoms with Crippen molar-refractivity contribution in [1.82, 2.24) is 5.32 Å². The van der Waals surface area contributed by atoms with E-state index < -0.39 is 10.8 Å². The fourth-order valence-electron chi connectivity index (χ4n) is 1.84. The molecule has 0 aliphatic carbocycles. The molecule has 0 bridgehead atoms. The van der Waals surface area contributed by atoms with Gasteiger partial charge in [0.1, 0.15) is 0 Å². The Balaban J connectivity index is 2.63. The van der Waals surface area contributed by atoms with E-state index in [0.29, 0.717) is 4.91 Å². The molecule has 0 aromatic carbocycles. The van der Waals surface area contributed by atoms with Crippen LogP contribution in [-0.4, -0.2) is 28.3 Å². The quantitative estimate of drug-likeness (QED) is 0.750. The predicted molar refractivity (Wildman–Crippen MR) is 76.8 cm³/mol. The molecule has 0 aromatic rings. The number of Topliss-reactive ketones (excluding diaryl/α,β-unsaturated/α-hetero) is 1. The summed E-state index contributed by atoms with van der Waals surface area (Å²) in [5.74, 6) is 0.160. The van der Waals surface area contributed by atoms with Crippen LogP contribution in [0.4, 0.5) is 0 Å². The molecule has 2 unspecified atom stereocenters. The van der Waals surface area contributed by atoms with Gasteiger partial charge in [-0.05, 0) is 39.3 Å². The average Bonchev–Trinajstić information content (AvgIpc) is 2.88. The standard InChI is InChI=1S/C14H21NO2S/c1-3-5-8-12(7-4-2)18(17)11-14(16)13-9-6-10-15-13/h3-5,7-8,13,15H,6,9-11H2,1-2H3/b5-3-,7-4-,12-8+. The molecular formula is C14H21NO2S. The van der Waals surface area contributed by atoms with Crippen molar-refractivity contribution in [3.05, 3.63) is 35.3 Å². The second kappa shape index (κ2) is 8.16. The van der Waals surface area contributed by atoms with Gasteiger partial charge in [0, 0.05) is 4.91 Å². The van der Waals surface area contributed by atoms with Crippen LogP contribution < -0.4 is 5.32 Å². The third-order valence-corrected chi connectivity index (χ3v) is 4.11. The molecule has 4 heteroatoms. The first kappa shape index (κ1) is 15.1. The number of carbonyl (C=O) groups excluding carboxylic acids is 1. The van der Waals surface area contributed by atoms with Gasteiger partial charge in [0.05, 0.1) is 22.6 Å². The number of hydrogen-bond donors (Lipinski definition) is 1. The number of rotatable bonds is 6. The Morgan fingerprint density at radius 3 is 2.72 bits per heavy atom. The van der Waals surface area contributed by atoms with Crippen molar-refractivity contribution in [3.63, 3.8) is 0 Å². The van der Waals surface area contributed by atoms with Crippen molar-refractivity contribution >= 4 is 16.6 Å². The third kappa shape index (κ3) is 4.70. The molecule has 1 aliphatic rings. The number of allylic oxidation sites excluding steroid dienone is 5. The van der Waals surface area contributed by atoms with Crippen molar-refractivity contribution in [2.75, 3.05) is 12.3 Å². The number of carbonyl (C=O) groups is 1. The molecule has 0 spiro atoms. The van der Waals surface area contributed by atoms with Crippen LogP contribution in [0.5, 0.6) is 0 Å². The lowest BCUT2D eigenvalue weighted by Gasteiger charge is -2.08. The van der Waals surface area contributed by atoms with Gasteiger partial charge in [-0.2, -0.15) is 0 Å². The minimum atomic E-state index is -1.25. The van der Waals surface area contributed by atoms with Crippen LogP contribution in [0, 0.1) is 0 Å². The van der Waals surface area contributed by atoms with Gasteiger partial charge in [0.15, 0.2) is 5.78 Å². The molecular weight excluding hydrogens is 246 g/mol. The zero-order chi connectivity index (χ0) is 13.4. The third-order valence-electron chi connectivity index (χ3n) is 2.77. The van der Waals surface area contributed by atoms with Gasteiger partial charge in [-0.15, -0.1) is 0 Å². The van der Waals surface area contributed by atoms with Crippen molar-refractivity contribution in [1.29, 1.82) is 0 Å². The lowest BCUT2D eigenvalue weighted by molar-refractivity contribution is -0.118. The van der Waals surface area contributed by atoms with Crippen molar-refractivity contribution in [2.45, 2.75) is 32.7 Å². The van der Waals surface area contributed by atoms with Crippen molar-refractivity contribution < 1.29 is 9.00 Å². The number of ketones is 1. The Bertz CT molecular complexity index is 391. The van der Waals surface area contributed by atoms with E-state index in [2.05, 4.69) is 5.32 Å². The lowest BCUT2D eigenvalue weighted by atomic mass is 10.2. The minimum absolute atomic E-state index is 0.0571. The van der Waals surface area contributed by atoms with E-state index in [1.54, 1.807) is 12.2 Å². The van der Waals surface area contributed by atoms with Crippen LogP contribution in [0.25, 0.3) is 0 Å². The molecule has 1 rings (SSSR count). The van der Waals surface area contributed by atoms with Gasteiger partial charge in [-0.25, -0.2) is 0 Å². The normalized spacial score (nSPS) is 23.0. The van der Waals surface area contributed by atoms with E-state index in [9.17, 15) is 9.00 Å². The number of hydrogen-bond acceptors (Lipinski definition) is 3. The topological polar surface area (TPSA) is 46.2 Å². The van der Waals surface area contributed by atoms with E-state index in [1.807, 2.05) is 32.1 Å². The van der Waals surface area contributed by atoms with Crippen molar-refractivity contribution in [3.8, 4) is 0 Å². The Hall–Kier alpha value is -1.00. The summed E-state index contributed by atoms with van der Waals surface area (Å²) in [4.78, 5) is 12.6. The highest BCUT2D eigenvalue weighted by Gasteiger charge is 2.23. The summed E-state index contributed by atoms with van der Waals surface area (Å²) in [6.07, 6.45) is 11.0. The summed E-state index contributed by atoms with van der Waals surface area (Å²) in [7, 11) is -1.25. The summed E-state index contributed by atoms with van der Waals surface area (Å²) in [6.45, 7) is 4.67. The molecule has 0 amide bonds. The highest BCUT2D eigenvalue weighted by Crippen LogP contribution is 2.10. The first-order valence-corrected chi connectivity index (χ1v) is 7.61. The van der Waals surface area contributed by atoms with Gasteiger partial charge in [-0.1, -0.05) is 24.3 Å². The molecule has 0 aromatic heterocycles. The summed E-state index contributed by atoms with van der Waals surface area (Å²) >= 11 is 0. The summed E-state index contributed by atoms with van der Waals surface area (Å²) in [5.41, 5.74) is 0. The van der Waals surface area contributed by atoms with E-state index >= 15 is 0 Å². The first-order valence-electron chi connectivity index (χ1n) is 6.29. The Morgan fingerprint density at radius 1 is 1.39 bits per heavy atom.